The molecule has 1 atom stereocenters. The van der Waals surface area contributed by atoms with Crippen LogP contribution in [0.3, 0.4) is 0 Å². The average Bonchev–Trinajstić information content (AvgIpc) is 2.29. The summed E-state index contributed by atoms with van der Waals surface area (Å²) in [5.74, 6) is 0.0858. The van der Waals surface area contributed by atoms with E-state index in [9.17, 15) is 4.79 Å². The van der Waals surface area contributed by atoms with Crippen molar-refractivity contribution >= 4 is 21.8 Å². The number of carbonyl (C=O) groups excluding carboxylic acids is 1. The molecule has 1 fully saturated rings. The Kier molecular flexibility index (Phi) is 3.61. The summed E-state index contributed by atoms with van der Waals surface area (Å²) in [6.45, 7) is 3.97. The lowest BCUT2D eigenvalue weighted by atomic mass is 10.2. The van der Waals surface area contributed by atoms with E-state index in [4.69, 9.17) is 4.74 Å². The first-order valence-electron chi connectivity index (χ1n) is 5.33. The number of morpholine rings is 1. The molecule has 0 saturated carbocycles. The third-order valence-corrected chi connectivity index (χ3v) is 3.15. The number of hydrogen-bond donors (Lipinski definition) is 0. The molecule has 4 heteroatoms. The molecule has 0 aliphatic carbocycles. The van der Waals surface area contributed by atoms with Gasteiger partial charge in [0.1, 0.15) is 0 Å². The average molecular weight is 284 g/mol. The topological polar surface area (TPSA) is 29.5 Å². The summed E-state index contributed by atoms with van der Waals surface area (Å²) in [5, 5.41) is 0. The normalized spacial score (nSPS) is 20.9. The lowest BCUT2D eigenvalue weighted by Crippen LogP contribution is -2.44. The zero-order valence-electron chi connectivity index (χ0n) is 9.15. The van der Waals surface area contributed by atoms with E-state index in [-0.39, 0.29) is 12.0 Å². The van der Waals surface area contributed by atoms with E-state index in [1.807, 2.05) is 36.1 Å². The summed E-state index contributed by atoms with van der Waals surface area (Å²) in [5.41, 5.74) is 0.734. The van der Waals surface area contributed by atoms with Gasteiger partial charge in [0.15, 0.2) is 0 Å². The van der Waals surface area contributed by atoms with E-state index in [0.29, 0.717) is 19.7 Å². The maximum atomic E-state index is 12.1. The molecular weight excluding hydrogens is 270 g/mol. The molecule has 0 radical (unpaired) electrons. The Hall–Kier alpha value is -0.870. The van der Waals surface area contributed by atoms with Crippen LogP contribution in [-0.2, 0) is 4.74 Å². The highest BCUT2D eigenvalue weighted by Crippen LogP contribution is 2.14. The lowest BCUT2D eigenvalue weighted by Gasteiger charge is -2.31. The molecule has 86 valence electrons. The number of rotatable bonds is 1. The zero-order chi connectivity index (χ0) is 11.5. The van der Waals surface area contributed by atoms with Crippen molar-refractivity contribution in [3.63, 3.8) is 0 Å². The van der Waals surface area contributed by atoms with Crippen molar-refractivity contribution in [2.45, 2.75) is 13.0 Å². The van der Waals surface area contributed by atoms with Crippen LogP contribution in [0.2, 0.25) is 0 Å². The second-order valence-electron chi connectivity index (χ2n) is 3.94. The van der Waals surface area contributed by atoms with Crippen molar-refractivity contribution in [1.82, 2.24) is 4.90 Å². The minimum Gasteiger partial charge on any atom is -0.375 e. The molecule has 16 heavy (non-hydrogen) atoms. The van der Waals surface area contributed by atoms with Crippen molar-refractivity contribution in [2.75, 3.05) is 19.7 Å². The summed E-state index contributed by atoms with van der Waals surface area (Å²) in [7, 11) is 0. The monoisotopic (exact) mass is 283 g/mol. The number of hydrogen-bond acceptors (Lipinski definition) is 2. The van der Waals surface area contributed by atoms with E-state index < -0.39 is 0 Å². The lowest BCUT2D eigenvalue weighted by molar-refractivity contribution is -0.0124. The van der Waals surface area contributed by atoms with Crippen LogP contribution in [0.1, 0.15) is 17.3 Å². The van der Waals surface area contributed by atoms with Crippen molar-refractivity contribution in [2.24, 2.45) is 0 Å². The number of halogens is 1. The maximum Gasteiger partial charge on any atom is 0.254 e. The molecule has 1 aliphatic rings. The predicted molar refractivity (Wildman–Crippen MR) is 65.5 cm³/mol. The van der Waals surface area contributed by atoms with Crippen LogP contribution in [0.4, 0.5) is 0 Å². The smallest absolute Gasteiger partial charge is 0.254 e. The van der Waals surface area contributed by atoms with Gasteiger partial charge in [0.25, 0.3) is 5.91 Å². The summed E-state index contributed by atoms with van der Waals surface area (Å²) in [4.78, 5) is 14.0. The fourth-order valence-corrected chi connectivity index (χ4v) is 2.04. The van der Waals surface area contributed by atoms with Gasteiger partial charge < -0.3 is 9.64 Å². The molecular formula is C12H14BrNO2. The Morgan fingerprint density at radius 1 is 1.44 bits per heavy atom. The fourth-order valence-electron chi connectivity index (χ4n) is 1.78. The van der Waals surface area contributed by atoms with Gasteiger partial charge in [0, 0.05) is 23.1 Å². The third-order valence-electron chi connectivity index (χ3n) is 2.62. The minimum atomic E-state index is 0.0858. The van der Waals surface area contributed by atoms with Gasteiger partial charge in [-0.1, -0.05) is 15.9 Å². The van der Waals surface area contributed by atoms with Crippen molar-refractivity contribution in [1.29, 1.82) is 0 Å². The summed E-state index contributed by atoms with van der Waals surface area (Å²) < 4.78 is 6.40. The number of benzene rings is 1. The highest BCUT2D eigenvalue weighted by Gasteiger charge is 2.22. The van der Waals surface area contributed by atoms with Crippen molar-refractivity contribution in [3.05, 3.63) is 34.3 Å². The SMILES string of the molecule is CC1CN(C(=O)c2ccc(Br)cc2)CCO1. The first-order valence-corrected chi connectivity index (χ1v) is 6.12. The van der Waals surface area contributed by atoms with Gasteiger partial charge >= 0.3 is 0 Å². The van der Waals surface area contributed by atoms with E-state index in [1.165, 1.54) is 0 Å². The van der Waals surface area contributed by atoms with Crippen LogP contribution in [0.15, 0.2) is 28.7 Å². The summed E-state index contributed by atoms with van der Waals surface area (Å²) in [6.07, 6.45) is 0.133. The first kappa shape index (κ1) is 11.6. The van der Waals surface area contributed by atoms with Gasteiger partial charge in [0.05, 0.1) is 12.7 Å². The third kappa shape index (κ3) is 2.62. The Balaban J connectivity index is 2.09. The highest BCUT2D eigenvalue weighted by atomic mass is 79.9. The molecule has 1 aromatic rings. The molecule has 1 saturated heterocycles. The van der Waals surface area contributed by atoms with E-state index in [0.717, 1.165) is 10.0 Å². The molecule has 1 amide bonds. The Morgan fingerprint density at radius 3 is 2.75 bits per heavy atom. The van der Waals surface area contributed by atoms with Gasteiger partial charge in [-0.2, -0.15) is 0 Å². The van der Waals surface area contributed by atoms with Crippen LogP contribution in [-0.4, -0.2) is 36.6 Å². The summed E-state index contributed by atoms with van der Waals surface area (Å²) in [6, 6.07) is 7.45. The molecule has 3 nitrogen and oxygen atoms in total. The second-order valence-corrected chi connectivity index (χ2v) is 4.86. The number of carbonyl (C=O) groups is 1. The molecule has 1 aromatic carbocycles. The zero-order valence-corrected chi connectivity index (χ0v) is 10.7. The number of amides is 1. The van der Waals surface area contributed by atoms with Crippen LogP contribution >= 0.6 is 15.9 Å². The van der Waals surface area contributed by atoms with Gasteiger partial charge in [-0.3, -0.25) is 4.79 Å². The molecule has 0 N–H and O–H groups in total. The fraction of sp³-hybridized carbons (Fsp3) is 0.417. The molecule has 2 rings (SSSR count). The molecule has 1 unspecified atom stereocenters. The van der Waals surface area contributed by atoms with Gasteiger partial charge in [0.2, 0.25) is 0 Å². The van der Waals surface area contributed by atoms with Crippen LogP contribution in [0.25, 0.3) is 0 Å². The quantitative estimate of drug-likeness (QED) is 0.792. The van der Waals surface area contributed by atoms with Crippen LogP contribution in [0, 0.1) is 0 Å². The minimum absolute atomic E-state index is 0.0858. The second kappa shape index (κ2) is 4.97. The first-order chi connectivity index (χ1) is 7.66. The summed E-state index contributed by atoms with van der Waals surface area (Å²) >= 11 is 3.36. The van der Waals surface area contributed by atoms with Gasteiger partial charge in [-0.05, 0) is 31.2 Å². The van der Waals surface area contributed by atoms with Crippen molar-refractivity contribution < 1.29 is 9.53 Å². The van der Waals surface area contributed by atoms with E-state index in [2.05, 4.69) is 15.9 Å². The molecule has 0 bridgehead atoms. The highest BCUT2D eigenvalue weighted by molar-refractivity contribution is 9.10. The maximum absolute atomic E-state index is 12.1. The molecule has 0 aromatic heterocycles. The van der Waals surface area contributed by atoms with Gasteiger partial charge in [-0.25, -0.2) is 0 Å². The molecule has 1 heterocycles. The largest absolute Gasteiger partial charge is 0.375 e. The predicted octanol–water partition coefficient (Wildman–Crippen LogP) is 2.31. The van der Waals surface area contributed by atoms with E-state index >= 15 is 0 Å². The number of ether oxygens (including phenoxy) is 1. The standard InChI is InChI=1S/C12H14BrNO2/c1-9-8-14(6-7-16-9)12(15)10-2-4-11(13)5-3-10/h2-5,9H,6-8H2,1H3. The van der Waals surface area contributed by atoms with Crippen LogP contribution < -0.4 is 0 Å². The molecule has 1 aliphatic heterocycles. The van der Waals surface area contributed by atoms with E-state index in [1.54, 1.807) is 0 Å². The number of nitrogens with zero attached hydrogens (tertiary/aromatic N) is 1. The van der Waals surface area contributed by atoms with Crippen molar-refractivity contribution in [3.8, 4) is 0 Å². The van der Waals surface area contributed by atoms with Crippen LogP contribution in [0.5, 0.6) is 0 Å². The Morgan fingerprint density at radius 2 is 2.12 bits per heavy atom. The Bertz CT molecular complexity index is 377. The Labute approximate surface area is 104 Å². The van der Waals surface area contributed by atoms with Gasteiger partial charge in [-0.15, -0.1) is 0 Å². The molecule has 0 spiro atoms.